The minimum Gasteiger partial charge on any atom is -0.382 e. The Labute approximate surface area is 179 Å². The lowest BCUT2D eigenvalue weighted by atomic mass is 9.97. The van der Waals surface area contributed by atoms with Gasteiger partial charge in [0.05, 0.1) is 37.3 Å². The molecule has 32 heavy (non-hydrogen) atoms. The quantitative estimate of drug-likeness (QED) is 0.674. The van der Waals surface area contributed by atoms with Crippen LogP contribution in [0.2, 0.25) is 0 Å². The maximum absolute atomic E-state index is 13.4. The number of nitrogens with zero attached hydrogens (tertiary/aromatic N) is 4. The van der Waals surface area contributed by atoms with Crippen LogP contribution in [0, 0.1) is 17.8 Å². The summed E-state index contributed by atoms with van der Waals surface area (Å²) in [7, 11) is 1.40. The average molecular weight is 459 g/mol. The van der Waals surface area contributed by atoms with Gasteiger partial charge in [0.15, 0.2) is 5.65 Å². The van der Waals surface area contributed by atoms with E-state index in [1.165, 1.54) is 17.8 Å². The van der Waals surface area contributed by atoms with Crippen molar-refractivity contribution >= 4 is 11.7 Å². The molecule has 1 aliphatic heterocycles. The molecule has 0 radical (unpaired) electrons. The van der Waals surface area contributed by atoms with Gasteiger partial charge in [-0.3, -0.25) is 0 Å². The Balaban J connectivity index is 1.33. The standard InChI is InChI=1S/C20H22F5N5O2/c1-32-9-15(29-8-16(20(23,24)25)28-18(29)31)11-5-17-27-12(7-30(17)26-6-11)2-10-3-13-14(4-10)19(13,21)22/h5-7,10,13-16H,2-4,8-9H2,1H3,(H,28,31)/t10?,13?,14?,15-,16+/m1/s1. The van der Waals surface area contributed by atoms with Crippen LogP contribution in [0.4, 0.5) is 26.7 Å². The molecule has 0 bridgehead atoms. The number of carbonyl (C=O) groups excluding carboxylic acids is 1. The summed E-state index contributed by atoms with van der Waals surface area (Å²) >= 11 is 0. The third kappa shape index (κ3) is 3.57. The molecule has 5 rings (SSSR count). The summed E-state index contributed by atoms with van der Waals surface area (Å²) in [5, 5.41) is 6.25. The molecule has 0 spiro atoms. The van der Waals surface area contributed by atoms with Gasteiger partial charge in [-0.05, 0) is 31.2 Å². The Morgan fingerprint density at radius 2 is 2.03 bits per heavy atom. The van der Waals surface area contributed by atoms with E-state index in [9.17, 15) is 26.7 Å². The van der Waals surface area contributed by atoms with E-state index in [1.807, 2.05) is 5.32 Å². The van der Waals surface area contributed by atoms with Gasteiger partial charge < -0.3 is 15.0 Å². The molecule has 2 aromatic rings. The van der Waals surface area contributed by atoms with Crippen LogP contribution < -0.4 is 5.32 Å². The molecule has 7 nitrogen and oxygen atoms in total. The smallest absolute Gasteiger partial charge is 0.382 e. The van der Waals surface area contributed by atoms with Crippen LogP contribution in [-0.4, -0.2) is 63.9 Å². The molecule has 3 heterocycles. The Morgan fingerprint density at radius 3 is 2.66 bits per heavy atom. The van der Waals surface area contributed by atoms with Crippen molar-refractivity contribution in [2.45, 2.75) is 43.4 Å². The van der Waals surface area contributed by atoms with Gasteiger partial charge in [0, 0.05) is 24.5 Å². The van der Waals surface area contributed by atoms with Crippen molar-refractivity contribution in [3.63, 3.8) is 0 Å². The molecular weight excluding hydrogens is 437 g/mol. The topological polar surface area (TPSA) is 71.8 Å². The Bertz CT molecular complexity index is 1030. The van der Waals surface area contributed by atoms with Gasteiger partial charge in [-0.25, -0.2) is 23.1 Å². The van der Waals surface area contributed by atoms with E-state index in [-0.39, 0.29) is 12.5 Å². The summed E-state index contributed by atoms with van der Waals surface area (Å²) in [5.41, 5.74) is 1.69. The molecule has 12 heteroatoms. The number of amides is 2. The lowest BCUT2D eigenvalue weighted by Gasteiger charge is -2.26. The molecular formula is C20H22F5N5O2. The van der Waals surface area contributed by atoms with Gasteiger partial charge in [-0.15, -0.1) is 0 Å². The van der Waals surface area contributed by atoms with Crippen molar-refractivity contribution in [3.8, 4) is 0 Å². The third-order valence-electron chi connectivity index (χ3n) is 6.85. The number of halogens is 5. The molecule has 2 amide bonds. The summed E-state index contributed by atoms with van der Waals surface area (Å²) in [6.07, 6.45) is 0.212. The molecule has 174 valence electrons. The normalized spacial score (nSPS) is 29.9. The zero-order chi connectivity index (χ0) is 22.8. The second-order valence-corrected chi connectivity index (χ2v) is 8.92. The van der Waals surface area contributed by atoms with Gasteiger partial charge in [0.1, 0.15) is 6.04 Å². The number of hydrogen-bond acceptors (Lipinski definition) is 4. The number of alkyl halides is 5. The Hall–Kier alpha value is -2.50. The number of imidazole rings is 1. The number of rotatable bonds is 6. The molecule has 3 fully saturated rings. The SMILES string of the molecule is COC[C@H](c1cnn2cc(CC3CC4C(C3)C4(F)F)nc2c1)N1C[C@@H](C(F)(F)F)NC1=O. The molecule has 0 aromatic carbocycles. The molecule has 2 saturated carbocycles. The van der Waals surface area contributed by atoms with Gasteiger partial charge in [0.2, 0.25) is 0 Å². The van der Waals surface area contributed by atoms with Crippen molar-refractivity contribution in [3.05, 3.63) is 29.7 Å². The summed E-state index contributed by atoms with van der Waals surface area (Å²) in [5.74, 6) is -3.36. The van der Waals surface area contributed by atoms with Crippen LogP contribution in [0.25, 0.3) is 5.65 Å². The fourth-order valence-corrected chi connectivity index (χ4v) is 5.14. The highest BCUT2D eigenvalue weighted by molar-refractivity contribution is 5.77. The van der Waals surface area contributed by atoms with E-state index in [1.54, 1.807) is 12.3 Å². The van der Waals surface area contributed by atoms with E-state index in [2.05, 4.69) is 10.1 Å². The van der Waals surface area contributed by atoms with Crippen LogP contribution >= 0.6 is 0 Å². The number of nitrogens with one attached hydrogen (secondary N) is 1. The fraction of sp³-hybridized carbons (Fsp3) is 0.650. The number of aromatic nitrogens is 3. The number of fused-ring (bicyclic) bond motifs is 2. The first-order chi connectivity index (χ1) is 15.1. The summed E-state index contributed by atoms with van der Waals surface area (Å²) in [4.78, 5) is 17.8. The largest absolute Gasteiger partial charge is 0.410 e. The number of urea groups is 1. The monoisotopic (exact) mass is 459 g/mol. The van der Waals surface area contributed by atoms with Crippen molar-refractivity contribution < 1.29 is 31.5 Å². The fourth-order valence-electron chi connectivity index (χ4n) is 5.14. The molecule has 1 N–H and O–H groups in total. The van der Waals surface area contributed by atoms with Gasteiger partial charge in [0.25, 0.3) is 5.92 Å². The molecule has 3 aliphatic rings. The molecule has 4 atom stereocenters. The van der Waals surface area contributed by atoms with Gasteiger partial charge >= 0.3 is 12.2 Å². The number of methoxy groups -OCH3 is 1. The van der Waals surface area contributed by atoms with E-state index in [4.69, 9.17) is 4.74 Å². The van der Waals surface area contributed by atoms with Crippen molar-refractivity contribution in [1.82, 2.24) is 24.8 Å². The first-order valence-electron chi connectivity index (χ1n) is 10.4. The minimum atomic E-state index is -4.55. The predicted molar refractivity (Wildman–Crippen MR) is 101 cm³/mol. The zero-order valence-corrected chi connectivity index (χ0v) is 17.1. The highest BCUT2D eigenvalue weighted by atomic mass is 19.4. The predicted octanol–water partition coefficient (Wildman–Crippen LogP) is 3.21. The minimum absolute atomic E-state index is 0.0114. The van der Waals surface area contributed by atoms with Crippen molar-refractivity contribution in [1.29, 1.82) is 0 Å². The van der Waals surface area contributed by atoms with E-state index < -0.39 is 48.6 Å². The molecule has 1 saturated heterocycles. The maximum Gasteiger partial charge on any atom is 0.410 e. The first-order valence-corrected chi connectivity index (χ1v) is 10.4. The van der Waals surface area contributed by atoms with Crippen LogP contribution in [-0.2, 0) is 11.2 Å². The number of ether oxygens (including phenoxy) is 1. The summed E-state index contributed by atoms with van der Waals surface area (Å²) in [6, 6.07) is -1.88. The molecule has 2 aromatic heterocycles. The van der Waals surface area contributed by atoms with Crippen molar-refractivity contribution in [2.75, 3.05) is 20.3 Å². The van der Waals surface area contributed by atoms with Gasteiger partial charge in [-0.2, -0.15) is 18.3 Å². The molecule has 2 unspecified atom stereocenters. The van der Waals surface area contributed by atoms with Crippen LogP contribution in [0.15, 0.2) is 18.5 Å². The first kappa shape index (κ1) is 21.4. The number of carbonyl (C=O) groups is 1. The van der Waals surface area contributed by atoms with E-state index >= 15 is 0 Å². The second kappa shape index (κ2) is 7.26. The Morgan fingerprint density at radius 1 is 1.31 bits per heavy atom. The highest BCUT2D eigenvalue weighted by Crippen LogP contribution is 2.66. The number of hydrogen-bond donors (Lipinski definition) is 1. The molecule has 2 aliphatic carbocycles. The lowest BCUT2D eigenvalue weighted by molar-refractivity contribution is -0.150. The summed E-state index contributed by atoms with van der Waals surface area (Å²) in [6.45, 7) is -0.543. The van der Waals surface area contributed by atoms with E-state index in [0.717, 1.165) is 10.6 Å². The third-order valence-corrected chi connectivity index (χ3v) is 6.85. The van der Waals surface area contributed by atoms with Crippen molar-refractivity contribution in [2.24, 2.45) is 17.8 Å². The Kier molecular flexibility index (Phi) is 4.84. The van der Waals surface area contributed by atoms with E-state index in [0.29, 0.717) is 30.5 Å². The maximum atomic E-state index is 13.4. The van der Waals surface area contributed by atoms with Crippen LogP contribution in [0.1, 0.15) is 30.1 Å². The van der Waals surface area contributed by atoms with Crippen LogP contribution in [0.5, 0.6) is 0 Å². The van der Waals surface area contributed by atoms with Crippen LogP contribution in [0.3, 0.4) is 0 Å². The highest BCUT2D eigenvalue weighted by Gasteiger charge is 2.71. The van der Waals surface area contributed by atoms with Gasteiger partial charge in [-0.1, -0.05) is 0 Å². The average Bonchev–Trinajstić information content (AvgIpc) is 3.23. The second-order valence-electron chi connectivity index (χ2n) is 8.92. The zero-order valence-electron chi connectivity index (χ0n) is 17.1. The summed E-state index contributed by atoms with van der Waals surface area (Å²) < 4.78 is 72.7. The lowest BCUT2D eigenvalue weighted by Crippen LogP contribution is -2.40.